The zero-order chi connectivity index (χ0) is 27.5. The van der Waals surface area contributed by atoms with Crippen LogP contribution >= 0.6 is 0 Å². The van der Waals surface area contributed by atoms with Gasteiger partial charge in [0.05, 0.1) is 0 Å². The molecule has 3 rings (SSSR count). The van der Waals surface area contributed by atoms with Gasteiger partial charge in [-0.25, -0.2) is 0 Å². The van der Waals surface area contributed by atoms with Gasteiger partial charge in [0.25, 0.3) is 0 Å². The summed E-state index contributed by atoms with van der Waals surface area (Å²) in [6.45, 7) is 14.0. The number of benzene rings is 1. The Morgan fingerprint density at radius 2 is 1.68 bits per heavy atom. The van der Waals surface area contributed by atoms with E-state index < -0.39 is 18.4 Å². The van der Waals surface area contributed by atoms with Crippen LogP contribution in [0.15, 0.2) is 22.3 Å². The molecule has 0 aromatic heterocycles. The first-order valence-electron chi connectivity index (χ1n) is 15.6. The van der Waals surface area contributed by atoms with Crippen LogP contribution in [0.5, 0.6) is 11.5 Å². The molecule has 214 valence electrons. The van der Waals surface area contributed by atoms with E-state index in [1.807, 2.05) is 0 Å². The van der Waals surface area contributed by atoms with Crippen molar-refractivity contribution in [3.63, 3.8) is 0 Å². The quantitative estimate of drug-likeness (QED) is 0.171. The van der Waals surface area contributed by atoms with Crippen LogP contribution in [0, 0.1) is 11.8 Å². The van der Waals surface area contributed by atoms with Crippen LogP contribution in [0.4, 0.5) is 0 Å². The van der Waals surface area contributed by atoms with Crippen LogP contribution in [-0.2, 0) is 11.2 Å². The van der Waals surface area contributed by atoms with Crippen LogP contribution in [-0.4, -0.2) is 55.9 Å². The predicted molar refractivity (Wildman–Crippen MR) is 163 cm³/mol. The zero-order valence-corrected chi connectivity index (χ0v) is 28.2. The molecule has 1 saturated heterocycles. The number of Topliss-reactive ketones (excluding diaryl/α,β-unsaturated/α-hetero) is 1. The molecular formula is C33H55NO3Sn. The zero-order valence-electron chi connectivity index (χ0n) is 25.3. The minimum atomic E-state index is -2.29. The van der Waals surface area contributed by atoms with Crippen molar-refractivity contribution < 1.29 is 14.3 Å². The van der Waals surface area contributed by atoms with E-state index in [4.69, 9.17) is 9.47 Å². The van der Waals surface area contributed by atoms with E-state index in [0.29, 0.717) is 24.7 Å². The summed E-state index contributed by atoms with van der Waals surface area (Å²) in [5, 5.41) is 0. The van der Waals surface area contributed by atoms with Crippen LogP contribution in [0.1, 0.15) is 103 Å². The summed E-state index contributed by atoms with van der Waals surface area (Å²) >= 11 is -2.29. The fraction of sp³-hybridized carbons (Fsp3) is 0.727. The number of piperidine rings is 1. The molecule has 4 nitrogen and oxygen atoms in total. The molecular weight excluding hydrogens is 577 g/mol. The maximum absolute atomic E-state index is 13.0. The van der Waals surface area contributed by atoms with E-state index >= 15 is 0 Å². The average molecular weight is 633 g/mol. The molecule has 0 N–H and O–H groups in total. The van der Waals surface area contributed by atoms with Gasteiger partial charge in [-0.15, -0.1) is 0 Å². The van der Waals surface area contributed by atoms with Crippen molar-refractivity contribution >= 4 is 24.2 Å². The minimum absolute atomic E-state index is 0.183. The first-order chi connectivity index (χ1) is 18.4. The molecule has 0 amide bonds. The second kappa shape index (κ2) is 15.7. The molecule has 2 atom stereocenters. The Morgan fingerprint density at radius 1 is 1.03 bits per heavy atom. The van der Waals surface area contributed by atoms with E-state index in [9.17, 15) is 4.79 Å². The van der Waals surface area contributed by atoms with Gasteiger partial charge in [-0.05, 0) is 12.3 Å². The molecule has 2 unspecified atom stereocenters. The molecule has 1 fully saturated rings. The second-order valence-electron chi connectivity index (χ2n) is 12.3. The number of ether oxygens (including phenoxy) is 2. The van der Waals surface area contributed by atoms with Gasteiger partial charge >= 0.3 is 212 Å². The molecule has 38 heavy (non-hydrogen) atoms. The number of hydrogen-bond acceptors (Lipinski definition) is 4. The number of nitrogens with zero attached hydrogens (tertiary/aromatic N) is 1. The van der Waals surface area contributed by atoms with Crippen molar-refractivity contribution in [1.82, 2.24) is 4.90 Å². The van der Waals surface area contributed by atoms with Crippen molar-refractivity contribution in [3.8, 4) is 11.5 Å². The maximum atomic E-state index is 13.0. The van der Waals surface area contributed by atoms with Gasteiger partial charge < -0.3 is 0 Å². The predicted octanol–water partition coefficient (Wildman–Crippen LogP) is 8.55. The molecule has 1 aromatic rings. The average Bonchev–Trinajstić information content (AvgIpc) is 2.91. The van der Waals surface area contributed by atoms with E-state index in [0.717, 1.165) is 37.4 Å². The Labute approximate surface area is 237 Å². The molecule has 2 aliphatic heterocycles. The Morgan fingerprint density at radius 3 is 2.26 bits per heavy atom. The molecule has 1 aromatic carbocycles. The van der Waals surface area contributed by atoms with Crippen molar-refractivity contribution in [2.45, 2.75) is 112 Å². The number of hydrogen-bond donors (Lipinski definition) is 0. The van der Waals surface area contributed by atoms with Gasteiger partial charge in [0.2, 0.25) is 0 Å². The number of rotatable bonds is 16. The summed E-state index contributed by atoms with van der Waals surface area (Å²) in [5.74, 6) is 2.83. The SMILES string of the molecule is CCC[CH2][Sn](/[CH]=C/COc1cc2c(cc1OC)C1CC(=O)C(CC(C)C)CN1CC2)([CH2]CCC)[CH2]CCC. The third-order valence-electron chi connectivity index (χ3n) is 8.85. The number of ketones is 1. The third kappa shape index (κ3) is 8.49. The van der Waals surface area contributed by atoms with Crippen LogP contribution in [0.2, 0.25) is 13.3 Å². The van der Waals surface area contributed by atoms with Crippen LogP contribution in [0.25, 0.3) is 0 Å². The van der Waals surface area contributed by atoms with Crippen molar-refractivity contribution in [2.75, 3.05) is 26.8 Å². The van der Waals surface area contributed by atoms with E-state index in [-0.39, 0.29) is 12.0 Å². The topological polar surface area (TPSA) is 38.8 Å². The molecule has 0 spiro atoms. The number of carbonyl (C=O) groups excluding carboxylic acids is 1. The molecule has 2 heterocycles. The Bertz CT molecular complexity index is 890. The summed E-state index contributed by atoms with van der Waals surface area (Å²) in [7, 11) is 1.73. The van der Waals surface area contributed by atoms with Gasteiger partial charge in [0.15, 0.2) is 0 Å². The van der Waals surface area contributed by atoms with E-state index in [2.05, 4.69) is 61.8 Å². The number of fused-ring (bicyclic) bond motifs is 3. The van der Waals surface area contributed by atoms with Crippen LogP contribution in [0.3, 0.4) is 0 Å². The molecule has 0 aliphatic carbocycles. The molecule has 0 radical (unpaired) electrons. The number of carbonyl (C=O) groups is 1. The Balaban J connectivity index is 1.72. The standard InChI is InChI=1S/C21H28NO3.3C4H9.Sn/c1-5-8-25-21-10-15-6-7-22-13-16(9-14(2)3)19(23)12-18(22)17(15)11-20(21)24-4;3*1-3-4-2;/h1,5,10-11,14,16,18H,6-9,12-13H2,2-4H3;3*1,3-4H2,2H3;. The summed E-state index contributed by atoms with van der Waals surface area (Å²) in [5.41, 5.74) is 2.59. The molecule has 2 aliphatic rings. The van der Waals surface area contributed by atoms with Gasteiger partial charge in [-0.2, -0.15) is 0 Å². The number of methoxy groups -OCH3 is 1. The molecule has 0 bridgehead atoms. The fourth-order valence-electron chi connectivity index (χ4n) is 6.66. The normalized spacial score (nSPS) is 20.1. The second-order valence-corrected chi connectivity index (χ2v) is 25.4. The summed E-state index contributed by atoms with van der Waals surface area (Å²) < 4.78 is 19.3. The molecule has 0 saturated carbocycles. The third-order valence-corrected chi connectivity index (χ3v) is 23.1. The van der Waals surface area contributed by atoms with Gasteiger partial charge in [0.1, 0.15) is 0 Å². The van der Waals surface area contributed by atoms with Crippen LogP contribution < -0.4 is 9.47 Å². The first-order valence-corrected chi connectivity index (χ1v) is 23.3. The van der Waals surface area contributed by atoms with E-state index in [1.54, 1.807) is 7.11 Å². The van der Waals surface area contributed by atoms with Gasteiger partial charge in [0, 0.05) is 0 Å². The monoisotopic (exact) mass is 633 g/mol. The Hall–Kier alpha value is -1.01. The van der Waals surface area contributed by atoms with Crippen molar-refractivity contribution in [1.29, 1.82) is 0 Å². The summed E-state index contributed by atoms with van der Waals surface area (Å²) in [4.78, 5) is 15.5. The van der Waals surface area contributed by atoms with Crippen molar-refractivity contribution in [2.24, 2.45) is 11.8 Å². The summed E-state index contributed by atoms with van der Waals surface area (Å²) in [6, 6.07) is 4.54. The number of unbranched alkanes of at least 4 members (excludes halogenated alkanes) is 3. The van der Waals surface area contributed by atoms with Gasteiger partial charge in [-0.1, -0.05) is 13.8 Å². The fourth-order valence-corrected chi connectivity index (χ4v) is 21.0. The summed E-state index contributed by atoms with van der Waals surface area (Å²) in [6.07, 6.45) is 13.0. The van der Waals surface area contributed by atoms with Gasteiger partial charge in [-0.3, -0.25) is 0 Å². The molecule has 5 heteroatoms. The Kier molecular flexibility index (Phi) is 13.0. The van der Waals surface area contributed by atoms with Crippen molar-refractivity contribution in [3.05, 3.63) is 33.4 Å². The van der Waals surface area contributed by atoms with E-state index in [1.165, 1.54) is 63.0 Å². The first kappa shape index (κ1) is 31.5.